The molecule has 1 unspecified atom stereocenters. The van der Waals surface area contributed by atoms with E-state index in [1.54, 1.807) is 4.31 Å². The molecule has 0 saturated carbocycles. The summed E-state index contributed by atoms with van der Waals surface area (Å²) in [7, 11) is -3.13. The highest BCUT2D eigenvalue weighted by Crippen LogP contribution is 2.12. The van der Waals surface area contributed by atoms with Gasteiger partial charge in [0.1, 0.15) is 0 Å². The molecule has 0 aromatic heterocycles. The molecular weight excluding hydrogens is 226 g/mol. The monoisotopic (exact) mass is 249 g/mol. The first kappa shape index (κ1) is 13.9. The van der Waals surface area contributed by atoms with E-state index in [0.717, 1.165) is 6.54 Å². The van der Waals surface area contributed by atoms with Gasteiger partial charge in [-0.2, -0.15) is 4.31 Å². The van der Waals surface area contributed by atoms with E-state index in [1.165, 1.54) is 0 Å². The van der Waals surface area contributed by atoms with Gasteiger partial charge in [0.05, 0.1) is 5.75 Å². The topological polar surface area (TPSA) is 75.4 Å². The van der Waals surface area contributed by atoms with E-state index in [1.807, 2.05) is 13.8 Å². The Hall–Kier alpha value is -0.170. The lowest BCUT2D eigenvalue weighted by Gasteiger charge is -2.34. The maximum absolute atomic E-state index is 12.1. The number of hydrogen-bond donors (Lipinski definition) is 2. The fourth-order valence-electron chi connectivity index (χ4n) is 1.81. The van der Waals surface area contributed by atoms with Crippen LogP contribution < -0.4 is 11.1 Å². The molecule has 1 rings (SSSR count). The van der Waals surface area contributed by atoms with Gasteiger partial charge >= 0.3 is 0 Å². The Kier molecular flexibility index (Phi) is 5.17. The van der Waals surface area contributed by atoms with E-state index in [0.29, 0.717) is 32.0 Å². The van der Waals surface area contributed by atoms with Crippen molar-refractivity contribution in [2.45, 2.75) is 26.3 Å². The lowest BCUT2D eigenvalue weighted by atomic mass is 10.2. The smallest absolute Gasteiger partial charge is 0.214 e. The third-order valence-corrected chi connectivity index (χ3v) is 4.83. The fraction of sp³-hybridized carbons (Fsp3) is 1.00. The lowest BCUT2D eigenvalue weighted by molar-refractivity contribution is 0.272. The van der Waals surface area contributed by atoms with Crippen molar-refractivity contribution in [3.8, 4) is 0 Å². The van der Waals surface area contributed by atoms with Gasteiger partial charge in [0.2, 0.25) is 10.0 Å². The molecule has 16 heavy (non-hydrogen) atoms. The van der Waals surface area contributed by atoms with Gasteiger partial charge < -0.3 is 11.1 Å². The molecule has 96 valence electrons. The summed E-state index contributed by atoms with van der Waals surface area (Å²) in [6.45, 7) is 6.38. The Morgan fingerprint density at radius 1 is 1.50 bits per heavy atom. The SMILES string of the molecule is CC(C)CCS(=O)(=O)N1CCNCC1CN. The van der Waals surface area contributed by atoms with E-state index in [2.05, 4.69) is 5.32 Å². The van der Waals surface area contributed by atoms with Crippen molar-refractivity contribution >= 4 is 10.0 Å². The second-order valence-corrected chi connectivity index (χ2v) is 6.74. The Balaban J connectivity index is 2.64. The van der Waals surface area contributed by atoms with Crippen LogP contribution in [-0.2, 0) is 10.0 Å². The normalized spacial score (nSPS) is 23.9. The van der Waals surface area contributed by atoms with Crippen molar-refractivity contribution in [1.29, 1.82) is 0 Å². The van der Waals surface area contributed by atoms with Gasteiger partial charge in [0.25, 0.3) is 0 Å². The quantitative estimate of drug-likeness (QED) is 0.695. The lowest BCUT2D eigenvalue weighted by Crippen LogP contribution is -2.56. The summed E-state index contributed by atoms with van der Waals surface area (Å²) < 4.78 is 25.8. The third-order valence-electron chi connectivity index (χ3n) is 2.88. The second-order valence-electron chi connectivity index (χ2n) is 4.70. The number of nitrogens with zero attached hydrogens (tertiary/aromatic N) is 1. The number of nitrogens with two attached hydrogens (primary N) is 1. The molecule has 1 aliphatic heterocycles. The van der Waals surface area contributed by atoms with Crippen LogP contribution in [0.3, 0.4) is 0 Å². The van der Waals surface area contributed by atoms with E-state index >= 15 is 0 Å². The summed E-state index contributed by atoms with van der Waals surface area (Å²) in [5.74, 6) is 0.648. The molecule has 0 bridgehead atoms. The molecule has 1 aliphatic rings. The molecule has 0 aliphatic carbocycles. The molecule has 1 atom stereocenters. The average molecular weight is 249 g/mol. The maximum Gasteiger partial charge on any atom is 0.214 e. The Bertz CT molecular complexity index is 303. The molecule has 1 heterocycles. The van der Waals surface area contributed by atoms with Crippen LogP contribution in [0.2, 0.25) is 0 Å². The summed E-state index contributed by atoms with van der Waals surface area (Å²) in [5.41, 5.74) is 5.60. The van der Waals surface area contributed by atoms with Crippen LogP contribution in [0.25, 0.3) is 0 Å². The first-order valence-corrected chi connectivity index (χ1v) is 7.48. The summed E-state index contributed by atoms with van der Waals surface area (Å²) in [6.07, 6.45) is 0.712. The molecule has 6 heteroatoms. The minimum atomic E-state index is -3.13. The molecule has 1 saturated heterocycles. The first-order valence-electron chi connectivity index (χ1n) is 5.87. The van der Waals surface area contributed by atoms with Gasteiger partial charge in [-0.25, -0.2) is 8.42 Å². The van der Waals surface area contributed by atoms with Crippen LogP contribution >= 0.6 is 0 Å². The van der Waals surface area contributed by atoms with Gasteiger partial charge in [-0.1, -0.05) is 13.8 Å². The number of piperazine rings is 1. The van der Waals surface area contributed by atoms with Gasteiger partial charge in [-0.3, -0.25) is 0 Å². The summed E-state index contributed by atoms with van der Waals surface area (Å²) >= 11 is 0. The predicted molar refractivity (Wildman–Crippen MR) is 65.7 cm³/mol. The van der Waals surface area contributed by atoms with Crippen LogP contribution in [0.1, 0.15) is 20.3 Å². The van der Waals surface area contributed by atoms with E-state index in [4.69, 9.17) is 5.73 Å². The molecule has 0 aromatic carbocycles. The van der Waals surface area contributed by atoms with Crippen molar-refractivity contribution in [2.24, 2.45) is 11.7 Å². The largest absolute Gasteiger partial charge is 0.329 e. The van der Waals surface area contributed by atoms with E-state index in [-0.39, 0.29) is 11.8 Å². The van der Waals surface area contributed by atoms with Gasteiger partial charge in [0.15, 0.2) is 0 Å². The molecule has 1 fully saturated rings. The highest BCUT2D eigenvalue weighted by Gasteiger charge is 2.30. The number of sulfonamides is 1. The minimum Gasteiger partial charge on any atom is -0.329 e. The van der Waals surface area contributed by atoms with Crippen LogP contribution in [-0.4, -0.2) is 50.7 Å². The second kappa shape index (κ2) is 5.95. The molecule has 5 nitrogen and oxygen atoms in total. The maximum atomic E-state index is 12.1. The van der Waals surface area contributed by atoms with Crippen LogP contribution in [0.4, 0.5) is 0 Å². The highest BCUT2D eigenvalue weighted by molar-refractivity contribution is 7.89. The van der Waals surface area contributed by atoms with Crippen molar-refractivity contribution < 1.29 is 8.42 Å². The van der Waals surface area contributed by atoms with Crippen LogP contribution in [0.5, 0.6) is 0 Å². The van der Waals surface area contributed by atoms with Gasteiger partial charge in [-0.15, -0.1) is 0 Å². The van der Waals surface area contributed by atoms with Crippen molar-refractivity contribution in [2.75, 3.05) is 31.9 Å². The minimum absolute atomic E-state index is 0.0779. The molecule has 0 aromatic rings. The zero-order valence-electron chi connectivity index (χ0n) is 10.1. The summed E-state index contributed by atoms with van der Waals surface area (Å²) in [4.78, 5) is 0. The number of nitrogens with one attached hydrogen (secondary N) is 1. The van der Waals surface area contributed by atoms with Gasteiger partial charge in [0, 0.05) is 32.2 Å². The fourth-order valence-corrected chi connectivity index (χ4v) is 3.80. The molecule has 3 N–H and O–H groups in total. The van der Waals surface area contributed by atoms with Crippen molar-refractivity contribution in [3.63, 3.8) is 0 Å². The average Bonchev–Trinajstić information content (AvgIpc) is 2.26. The van der Waals surface area contributed by atoms with Crippen LogP contribution in [0.15, 0.2) is 0 Å². The van der Waals surface area contributed by atoms with Crippen LogP contribution in [0, 0.1) is 5.92 Å². The van der Waals surface area contributed by atoms with Crippen molar-refractivity contribution in [3.05, 3.63) is 0 Å². The Morgan fingerprint density at radius 2 is 2.19 bits per heavy atom. The molecular formula is C10H23N3O2S. The van der Waals surface area contributed by atoms with Crippen molar-refractivity contribution in [1.82, 2.24) is 9.62 Å². The third kappa shape index (κ3) is 3.69. The van der Waals surface area contributed by atoms with E-state index in [9.17, 15) is 8.42 Å². The van der Waals surface area contributed by atoms with Gasteiger partial charge in [-0.05, 0) is 12.3 Å². The summed E-state index contributed by atoms with van der Waals surface area (Å²) in [5, 5.41) is 3.17. The Labute approximate surface area is 98.4 Å². The standard InChI is InChI=1S/C10H23N3O2S/c1-9(2)3-6-16(14,15)13-5-4-12-8-10(13)7-11/h9-10,12H,3-8,11H2,1-2H3. The summed E-state index contributed by atoms with van der Waals surface area (Å²) in [6, 6.07) is -0.0779. The highest BCUT2D eigenvalue weighted by atomic mass is 32.2. The zero-order chi connectivity index (χ0) is 12.2. The first-order chi connectivity index (χ1) is 7.47. The predicted octanol–water partition coefficient (Wildman–Crippen LogP) is -0.405. The Morgan fingerprint density at radius 3 is 2.75 bits per heavy atom. The molecule has 0 radical (unpaired) electrons. The number of hydrogen-bond acceptors (Lipinski definition) is 4. The molecule has 0 amide bonds. The number of rotatable bonds is 5. The molecule has 0 spiro atoms. The van der Waals surface area contributed by atoms with E-state index < -0.39 is 10.0 Å². The zero-order valence-corrected chi connectivity index (χ0v) is 11.0.